The van der Waals surface area contributed by atoms with Gasteiger partial charge in [-0.1, -0.05) is 32.9 Å². The minimum atomic E-state index is -0.269. The standard InChI is InChI=1S/C15H23FN2O/c1-10(2)14(12-4-6-13(16)7-5-12)18-15(19)11(3)8-9-17/h4-7,10-11,14H,8-9,17H2,1-3H3,(H,18,19). The topological polar surface area (TPSA) is 55.1 Å². The zero-order valence-electron chi connectivity index (χ0n) is 11.8. The highest BCUT2D eigenvalue weighted by atomic mass is 19.1. The van der Waals surface area contributed by atoms with Crippen molar-refractivity contribution in [3.63, 3.8) is 0 Å². The fraction of sp³-hybridized carbons (Fsp3) is 0.533. The molecule has 1 aromatic rings. The molecule has 0 aliphatic carbocycles. The Morgan fingerprint density at radius 3 is 2.32 bits per heavy atom. The van der Waals surface area contributed by atoms with E-state index in [-0.39, 0.29) is 29.6 Å². The number of carbonyl (C=O) groups is 1. The molecule has 0 aliphatic rings. The molecule has 3 nitrogen and oxygen atoms in total. The van der Waals surface area contributed by atoms with Gasteiger partial charge in [-0.3, -0.25) is 4.79 Å². The maximum atomic E-state index is 12.9. The summed E-state index contributed by atoms with van der Waals surface area (Å²) in [6.45, 7) is 6.42. The highest BCUT2D eigenvalue weighted by molar-refractivity contribution is 5.78. The number of amides is 1. The van der Waals surface area contributed by atoms with E-state index in [9.17, 15) is 9.18 Å². The van der Waals surface area contributed by atoms with E-state index in [1.54, 1.807) is 12.1 Å². The van der Waals surface area contributed by atoms with Crippen LogP contribution in [0.2, 0.25) is 0 Å². The second-order valence-electron chi connectivity index (χ2n) is 5.26. The van der Waals surface area contributed by atoms with Crippen LogP contribution in [-0.4, -0.2) is 12.5 Å². The van der Waals surface area contributed by atoms with Crippen molar-refractivity contribution in [1.29, 1.82) is 0 Å². The van der Waals surface area contributed by atoms with E-state index in [1.165, 1.54) is 12.1 Å². The number of hydrogen-bond acceptors (Lipinski definition) is 2. The highest BCUT2D eigenvalue weighted by Gasteiger charge is 2.21. The summed E-state index contributed by atoms with van der Waals surface area (Å²) in [5.74, 6) is -0.145. The van der Waals surface area contributed by atoms with Crippen molar-refractivity contribution in [3.05, 3.63) is 35.6 Å². The van der Waals surface area contributed by atoms with Crippen LogP contribution in [0.5, 0.6) is 0 Å². The van der Waals surface area contributed by atoms with E-state index in [0.717, 1.165) is 5.56 Å². The van der Waals surface area contributed by atoms with Crippen molar-refractivity contribution in [2.45, 2.75) is 33.2 Å². The predicted molar refractivity (Wildman–Crippen MR) is 75.0 cm³/mol. The second-order valence-corrected chi connectivity index (χ2v) is 5.26. The smallest absolute Gasteiger partial charge is 0.223 e. The molecule has 2 atom stereocenters. The molecule has 0 spiro atoms. The maximum absolute atomic E-state index is 12.9. The van der Waals surface area contributed by atoms with E-state index in [2.05, 4.69) is 5.32 Å². The summed E-state index contributed by atoms with van der Waals surface area (Å²) in [5, 5.41) is 3.02. The molecule has 0 aliphatic heterocycles. The number of hydrogen-bond donors (Lipinski definition) is 2. The summed E-state index contributed by atoms with van der Waals surface area (Å²) in [7, 11) is 0. The third-order valence-corrected chi connectivity index (χ3v) is 3.24. The third-order valence-electron chi connectivity index (χ3n) is 3.24. The number of carbonyl (C=O) groups excluding carboxylic acids is 1. The van der Waals surface area contributed by atoms with Crippen LogP contribution in [-0.2, 0) is 4.79 Å². The molecule has 3 N–H and O–H groups in total. The number of benzene rings is 1. The average Bonchev–Trinajstić information content (AvgIpc) is 2.37. The van der Waals surface area contributed by atoms with E-state index < -0.39 is 0 Å². The number of halogens is 1. The van der Waals surface area contributed by atoms with Crippen LogP contribution in [0.4, 0.5) is 4.39 Å². The Morgan fingerprint density at radius 2 is 1.84 bits per heavy atom. The fourth-order valence-electron chi connectivity index (χ4n) is 1.98. The Labute approximate surface area is 114 Å². The molecule has 0 fully saturated rings. The summed E-state index contributed by atoms with van der Waals surface area (Å²) in [5.41, 5.74) is 6.38. The lowest BCUT2D eigenvalue weighted by Gasteiger charge is -2.24. The number of nitrogens with one attached hydrogen (secondary N) is 1. The molecule has 4 heteroatoms. The van der Waals surface area contributed by atoms with Crippen molar-refractivity contribution < 1.29 is 9.18 Å². The van der Waals surface area contributed by atoms with Gasteiger partial charge >= 0.3 is 0 Å². The quantitative estimate of drug-likeness (QED) is 0.831. The van der Waals surface area contributed by atoms with Crippen LogP contribution >= 0.6 is 0 Å². The highest BCUT2D eigenvalue weighted by Crippen LogP contribution is 2.22. The first kappa shape index (κ1) is 15.6. The molecule has 2 unspecified atom stereocenters. The van der Waals surface area contributed by atoms with Gasteiger partial charge in [-0.15, -0.1) is 0 Å². The Kier molecular flexibility index (Phi) is 5.96. The number of rotatable bonds is 6. The molecular formula is C15H23FN2O. The molecule has 0 saturated carbocycles. The lowest BCUT2D eigenvalue weighted by molar-refractivity contribution is -0.125. The molecule has 0 aromatic heterocycles. The largest absolute Gasteiger partial charge is 0.349 e. The van der Waals surface area contributed by atoms with Gasteiger partial charge in [0.05, 0.1) is 6.04 Å². The van der Waals surface area contributed by atoms with Crippen LogP contribution in [0, 0.1) is 17.7 Å². The Morgan fingerprint density at radius 1 is 1.26 bits per heavy atom. The summed E-state index contributed by atoms with van der Waals surface area (Å²) >= 11 is 0. The lowest BCUT2D eigenvalue weighted by Crippen LogP contribution is -2.36. The molecule has 0 radical (unpaired) electrons. The minimum absolute atomic E-state index is 0.00604. The van der Waals surface area contributed by atoms with Crippen molar-refractivity contribution >= 4 is 5.91 Å². The molecule has 0 saturated heterocycles. The summed E-state index contributed by atoms with van der Waals surface area (Å²) in [6.07, 6.45) is 0.667. The monoisotopic (exact) mass is 266 g/mol. The van der Waals surface area contributed by atoms with Crippen LogP contribution in [0.25, 0.3) is 0 Å². The minimum Gasteiger partial charge on any atom is -0.349 e. The van der Waals surface area contributed by atoms with Crippen molar-refractivity contribution in [1.82, 2.24) is 5.32 Å². The van der Waals surface area contributed by atoms with Crippen molar-refractivity contribution in [2.24, 2.45) is 17.6 Å². The van der Waals surface area contributed by atoms with Gasteiger partial charge in [-0.25, -0.2) is 4.39 Å². The third kappa shape index (κ3) is 4.63. The first-order valence-corrected chi connectivity index (χ1v) is 6.71. The molecule has 1 aromatic carbocycles. The molecule has 19 heavy (non-hydrogen) atoms. The molecular weight excluding hydrogens is 243 g/mol. The zero-order valence-corrected chi connectivity index (χ0v) is 11.8. The SMILES string of the molecule is CC(CCN)C(=O)NC(c1ccc(F)cc1)C(C)C. The molecule has 106 valence electrons. The van der Waals surface area contributed by atoms with Gasteiger partial charge in [-0.05, 0) is 36.6 Å². The number of nitrogens with two attached hydrogens (primary N) is 1. The Balaban J connectivity index is 2.79. The normalized spacial score (nSPS) is 14.2. The fourth-order valence-corrected chi connectivity index (χ4v) is 1.98. The summed E-state index contributed by atoms with van der Waals surface area (Å²) < 4.78 is 12.9. The summed E-state index contributed by atoms with van der Waals surface area (Å²) in [4.78, 5) is 12.0. The van der Waals surface area contributed by atoms with Crippen LogP contribution in [0.1, 0.15) is 38.8 Å². The van der Waals surface area contributed by atoms with Crippen molar-refractivity contribution in [3.8, 4) is 0 Å². The van der Waals surface area contributed by atoms with Crippen molar-refractivity contribution in [2.75, 3.05) is 6.54 Å². The van der Waals surface area contributed by atoms with E-state index in [4.69, 9.17) is 5.73 Å². The van der Waals surface area contributed by atoms with Gasteiger partial charge in [0.1, 0.15) is 5.82 Å². The van der Waals surface area contributed by atoms with E-state index >= 15 is 0 Å². The molecule has 0 bridgehead atoms. The first-order valence-electron chi connectivity index (χ1n) is 6.71. The molecule has 1 amide bonds. The van der Waals surface area contributed by atoms with Gasteiger partial charge in [0, 0.05) is 5.92 Å². The van der Waals surface area contributed by atoms with Gasteiger partial charge < -0.3 is 11.1 Å². The van der Waals surface area contributed by atoms with Gasteiger partial charge in [0.2, 0.25) is 5.91 Å². The zero-order chi connectivity index (χ0) is 14.4. The van der Waals surface area contributed by atoms with E-state index in [1.807, 2.05) is 20.8 Å². The van der Waals surface area contributed by atoms with Crippen LogP contribution in [0.3, 0.4) is 0 Å². The predicted octanol–water partition coefficient (Wildman–Crippen LogP) is 2.62. The molecule has 0 heterocycles. The van der Waals surface area contributed by atoms with E-state index in [0.29, 0.717) is 13.0 Å². The molecule has 1 rings (SSSR count). The first-order chi connectivity index (χ1) is 8.95. The second kappa shape index (κ2) is 7.24. The summed E-state index contributed by atoms with van der Waals surface area (Å²) in [6, 6.07) is 6.16. The van der Waals surface area contributed by atoms with Gasteiger partial charge in [0.25, 0.3) is 0 Å². The van der Waals surface area contributed by atoms with Crippen LogP contribution in [0.15, 0.2) is 24.3 Å². The maximum Gasteiger partial charge on any atom is 0.223 e. The van der Waals surface area contributed by atoms with Crippen LogP contribution < -0.4 is 11.1 Å². The van der Waals surface area contributed by atoms with Gasteiger partial charge in [-0.2, -0.15) is 0 Å². The Hall–Kier alpha value is -1.42. The average molecular weight is 266 g/mol. The van der Waals surface area contributed by atoms with Gasteiger partial charge in [0.15, 0.2) is 0 Å². The lowest BCUT2D eigenvalue weighted by atomic mass is 9.95. The Bertz CT molecular complexity index is 403.